The van der Waals surface area contributed by atoms with Crippen molar-refractivity contribution in [1.82, 2.24) is 5.32 Å². The number of ether oxygens (including phenoxy) is 1. The second-order valence-corrected chi connectivity index (χ2v) is 7.27. The van der Waals surface area contributed by atoms with E-state index in [9.17, 15) is 4.79 Å². The second kappa shape index (κ2) is 11.4. The monoisotopic (exact) mass is 293 g/mol. The number of hydrogen-bond donors (Lipinski definition) is 1. The lowest BCUT2D eigenvalue weighted by Gasteiger charge is -2.24. The highest BCUT2D eigenvalue weighted by atomic mass is 28.4. The predicted molar refractivity (Wildman–Crippen MR) is 74.9 cm³/mol. The van der Waals surface area contributed by atoms with Crippen molar-refractivity contribution in [2.45, 2.75) is 31.7 Å². The molecule has 0 spiro atoms. The highest BCUT2D eigenvalue weighted by Crippen LogP contribution is 2.15. The summed E-state index contributed by atoms with van der Waals surface area (Å²) in [7, 11) is 3.90. The van der Waals surface area contributed by atoms with E-state index < -0.39 is 8.80 Å². The Balaban J connectivity index is 3.47. The summed E-state index contributed by atoms with van der Waals surface area (Å²) >= 11 is 0. The topological polar surface area (TPSA) is 66.0 Å². The van der Waals surface area contributed by atoms with Crippen LogP contribution in [-0.2, 0) is 22.8 Å². The lowest BCUT2D eigenvalue weighted by atomic mass is 10.3. The minimum absolute atomic E-state index is 0.155. The Labute approximate surface area is 117 Å². The van der Waals surface area contributed by atoms with Gasteiger partial charge in [0.2, 0.25) is 0 Å². The molecule has 0 aliphatic heterocycles. The summed E-state index contributed by atoms with van der Waals surface area (Å²) < 4.78 is 20.6. The van der Waals surface area contributed by atoms with Crippen molar-refractivity contribution in [2.24, 2.45) is 0 Å². The standard InChI is InChI=1S/C12H27NO5Si/c1-15-12(14)8-7-10-13-9-5-6-11-19(16-2,17-3)18-4/h13H,5-11H2,1-4H3. The van der Waals surface area contributed by atoms with Crippen LogP contribution in [0, 0.1) is 0 Å². The highest BCUT2D eigenvalue weighted by Gasteiger charge is 2.36. The number of nitrogens with one attached hydrogen (secondary N) is 1. The lowest BCUT2D eigenvalue weighted by molar-refractivity contribution is -0.140. The Morgan fingerprint density at radius 3 is 2.05 bits per heavy atom. The van der Waals surface area contributed by atoms with Crippen LogP contribution in [-0.4, -0.2) is 56.3 Å². The van der Waals surface area contributed by atoms with Gasteiger partial charge < -0.3 is 23.3 Å². The van der Waals surface area contributed by atoms with Crippen molar-refractivity contribution in [3.05, 3.63) is 0 Å². The van der Waals surface area contributed by atoms with Crippen LogP contribution in [0.15, 0.2) is 0 Å². The normalized spacial score (nSPS) is 11.6. The number of methoxy groups -OCH3 is 1. The second-order valence-electron chi connectivity index (χ2n) is 4.18. The molecule has 0 heterocycles. The fraction of sp³-hybridized carbons (Fsp3) is 0.917. The van der Waals surface area contributed by atoms with E-state index in [4.69, 9.17) is 13.3 Å². The third-order valence-corrected chi connectivity index (χ3v) is 5.81. The molecular weight excluding hydrogens is 266 g/mol. The molecule has 0 aliphatic carbocycles. The van der Waals surface area contributed by atoms with E-state index in [1.165, 1.54) is 7.11 Å². The Kier molecular flexibility index (Phi) is 11.1. The largest absolute Gasteiger partial charge is 0.500 e. The zero-order valence-corrected chi connectivity index (χ0v) is 13.5. The molecule has 0 fully saturated rings. The maximum Gasteiger partial charge on any atom is 0.500 e. The fourth-order valence-corrected chi connectivity index (χ4v) is 3.53. The minimum atomic E-state index is -2.40. The van der Waals surface area contributed by atoms with Crippen molar-refractivity contribution in [3.63, 3.8) is 0 Å². The fourth-order valence-electron chi connectivity index (χ4n) is 1.73. The van der Waals surface area contributed by atoms with E-state index in [0.717, 1.165) is 38.4 Å². The number of rotatable bonds is 12. The Morgan fingerprint density at radius 2 is 1.53 bits per heavy atom. The van der Waals surface area contributed by atoms with E-state index in [0.29, 0.717) is 6.42 Å². The van der Waals surface area contributed by atoms with Crippen LogP contribution in [0.25, 0.3) is 0 Å². The van der Waals surface area contributed by atoms with Crippen molar-refractivity contribution in [1.29, 1.82) is 0 Å². The van der Waals surface area contributed by atoms with Crippen molar-refractivity contribution >= 4 is 14.8 Å². The van der Waals surface area contributed by atoms with Crippen LogP contribution in [0.4, 0.5) is 0 Å². The Morgan fingerprint density at radius 1 is 0.947 bits per heavy atom. The van der Waals surface area contributed by atoms with E-state index in [1.807, 2.05) is 0 Å². The van der Waals surface area contributed by atoms with Gasteiger partial charge in [-0.15, -0.1) is 0 Å². The molecule has 6 nitrogen and oxygen atoms in total. The number of carbonyl (C=O) groups is 1. The molecule has 0 aliphatic rings. The average molecular weight is 293 g/mol. The van der Waals surface area contributed by atoms with Crippen LogP contribution in [0.3, 0.4) is 0 Å². The molecule has 0 bridgehead atoms. The van der Waals surface area contributed by atoms with Gasteiger partial charge in [0.25, 0.3) is 0 Å². The number of unbranched alkanes of at least 4 members (excludes halogenated alkanes) is 1. The predicted octanol–water partition coefficient (Wildman–Crippen LogP) is 1.19. The molecule has 0 aromatic heterocycles. The van der Waals surface area contributed by atoms with Crippen molar-refractivity contribution < 1.29 is 22.8 Å². The van der Waals surface area contributed by atoms with E-state index in [-0.39, 0.29) is 5.97 Å². The van der Waals surface area contributed by atoms with Gasteiger partial charge in [0.15, 0.2) is 0 Å². The molecule has 0 aromatic rings. The number of hydrogen-bond acceptors (Lipinski definition) is 6. The molecule has 0 aromatic carbocycles. The van der Waals surface area contributed by atoms with E-state index in [1.54, 1.807) is 21.3 Å². The third-order valence-electron chi connectivity index (χ3n) is 2.98. The lowest BCUT2D eigenvalue weighted by Crippen LogP contribution is -2.42. The molecule has 0 radical (unpaired) electrons. The maximum absolute atomic E-state index is 10.9. The van der Waals surface area contributed by atoms with Crippen molar-refractivity contribution in [2.75, 3.05) is 41.5 Å². The summed E-state index contributed by atoms with van der Waals surface area (Å²) in [5.74, 6) is -0.155. The Hall–Kier alpha value is -0.473. The quantitative estimate of drug-likeness (QED) is 0.331. The Bertz CT molecular complexity index is 228. The van der Waals surface area contributed by atoms with Crippen LogP contribution < -0.4 is 5.32 Å². The first-order valence-electron chi connectivity index (χ1n) is 6.57. The first-order valence-corrected chi connectivity index (χ1v) is 8.50. The smallest absolute Gasteiger partial charge is 0.469 e. The van der Waals surface area contributed by atoms with E-state index in [2.05, 4.69) is 10.1 Å². The summed E-state index contributed by atoms with van der Waals surface area (Å²) in [6.07, 6.45) is 3.30. The van der Waals surface area contributed by atoms with Crippen LogP contribution in [0.2, 0.25) is 6.04 Å². The SMILES string of the molecule is COC(=O)CCCNCCCC[Si](OC)(OC)OC. The third kappa shape index (κ3) is 8.33. The van der Waals surface area contributed by atoms with Gasteiger partial charge in [-0.3, -0.25) is 4.79 Å². The molecule has 0 amide bonds. The molecule has 0 saturated heterocycles. The number of carbonyl (C=O) groups excluding carboxylic acids is 1. The van der Waals surface area contributed by atoms with Gasteiger partial charge in [-0.2, -0.15) is 0 Å². The summed E-state index contributed by atoms with van der Waals surface area (Å²) in [5, 5.41) is 3.29. The molecule has 0 saturated carbocycles. The van der Waals surface area contributed by atoms with Gasteiger partial charge >= 0.3 is 14.8 Å². The summed E-state index contributed by atoms with van der Waals surface area (Å²) in [5.41, 5.74) is 0. The molecule has 1 N–H and O–H groups in total. The molecule has 114 valence electrons. The molecule has 7 heteroatoms. The molecular formula is C12H27NO5Si. The van der Waals surface area contributed by atoms with Crippen LogP contribution in [0.5, 0.6) is 0 Å². The maximum atomic E-state index is 10.9. The van der Waals surface area contributed by atoms with Gasteiger partial charge in [0, 0.05) is 33.8 Å². The van der Waals surface area contributed by atoms with Gasteiger partial charge in [0.1, 0.15) is 0 Å². The molecule has 0 rings (SSSR count). The summed E-state index contributed by atoms with van der Waals surface area (Å²) in [4.78, 5) is 10.9. The van der Waals surface area contributed by atoms with Crippen molar-refractivity contribution in [3.8, 4) is 0 Å². The van der Waals surface area contributed by atoms with Gasteiger partial charge in [0.05, 0.1) is 7.11 Å². The van der Waals surface area contributed by atoms with Crippen LogP contribution in [0.1, 0.15) is 25.7 Å². The first kappa shape index (κ1) is 18.5. The van der Waals surface area contributed by atoms with Gasteiger partial charge in [-0.05, 0) is 32.4 Å². The molecule has 19 heavy (non-hydrogen) atoms. The summed E-state index contributed by atoms with van der Waals surface area (Å²) in [6.45, 7) is 1.75. The average Bonchev–Trinajstić information content (AvgIpc) is 2.46. The minimum Gasteiger partial charge on any atom is -0.469 e. The van der Waals surface area contributed by atoms with Crippen LogP contribution >= 0.6 is 0 Å². The van der Waals surface area contributed by atoms with Gasteiger partial charge in [-0.25, -0.2) is 0 Å². The van der Waals surface area contributed by atoms with Gasteiger partial charge in [-0.1, -0.05) is 0 Å². The molecule has 0 unspecified atom stereocenters. The number of esters is 1. The zero-order chi connectivity index (χ0) is 14.6. The van der Waals surface area contributed by atoms with E-state index >= 15 is 0 Å². The first-order chi connectivity index (χ1) is 9.14. The highest BCUT2D eigenvalue weighted by molar-refractivity contribution is 6.60. The zero-order valence-electron chi connectivity index (χ0n) is 12.5. The summed E-state index contributed by atoms with van der Waals surface area (Å²) in [6, 6.07) is 0.820. The molecule has 0 atom stereocenters.